The van der Waals surface area contributed by atoms with Crippen LogP contribution in [-0.4, -0.2) is 72.6 Å². The molecular formula is C16H16CaClFN3O6PS. The van der Waals surface area contributed by atoms with E-state index in [2.05, 4.69) is 4.98 Å². The first kappa shape index (κ1) is 25.3. The first-order valence-electron chi connectivity index (χ1n) is 7.78. The number of aromatic nitrogens is 2. The summed E-state index contributed by atoms with van der Waals surface area (Å²) in [7, 11) is -8.07. The molecule has 2 aromatic carbocycles. The van der Waals surface area contributed by atoms with Gasteiger partial charge in [-0.1, -0.05) is 11.6 Å². The topological polar surface area (TPSA) is 131 Å². The van der Waals surface area contributed by atoms with E-state index in [-0.39, 0.29) is 53.5 Å². The van der Waals surface area contributed by atoms with E-state index < -0.39 is 23.6 Å². The van der Waals surface area contributed by atoms with Gasteiger partial charge in [0.1, 0.15) is 6.33 Å². The van der Waals surface area contributed by atoms with Gasteiger partial charge < -0.3 is 14.5 Å². The number of imidazole rings is 1. The molecule has 0 atom stereocenters. The Kier molecular flexibility index (Phi) is 8.11. The molecule has 0 fully saturated rings. The molecule has 0 bridgehead atoms. The van der Waals surface area contributed by atoms with Gasteiger partial charge in [-0.25, -0.2) is 22.4 Å². The minimum absolute atomic E-state index is 0. The Balaban J connectivity index is 0.00000320. The van der Waals surface area contributed by atoms with Crippen LogP contribution in [0.15, 0.2) is 53.7 Å². The van der Waals surface area contributed by atoms with Crippen LogP contribution in [0, 0.1) is 5.82 Å². The summed E-state index contributed by atoms with van der Waals surface area (Å²) >= 11 is 6.15. The maximum atomic E-state index is 14.1. The normalized spacial score (nSPS) is 11.8. The zero-order chi connectivity index (χ0) is 21.4. The molecule has 0 unspecified atom stereocenters. The van der Waals surface area contributed by atoms with E-state index >= 15 is 0 Å². The second kappa shape index (κ2) is 9.64. The molecule has 0 aliphatic rings. The van der Waals surface area contributed by atoms with Gasteiger partial charge in [-0.15, -0.1) is 4.49 Å². The molecule has 0 radical (unpaired) electrons. The van der Waals surface area contributed by atoms with Crippen molar-refractivity contribution >= 4 is 67.1 Å². The predicted octanol–water partition coefficient (Wildman–Crippen LogP) is 1.80. The van der Waals surface area contributed by atoms with E-state index in [9.17, 15) is 17.4 Å². The summed E-state index contributed by atoms with van der Waals surface area (Å²) in [5.41, 5.74) is 1.20. The number of hydrogen-bond acceptors (Lipinski definition) is 5. The molecule has 0 amide bonds. The van der Waals surface area contributed by atoms with Crippen LogP contribution in [-0.2, 0) is 14.6 Å². The fourth-order valence-electron chi connectivity index (χ4n) is 2.59. The van der Waals surface area contributed by atoms with Gasteiger partial charge in [0.25, 0.3) is 0 Å². The number of benzene rings is 2. The Morgan fingerprint density at radius 2 is 1.83 bits per heavy atom. The number of methoxy groups -OCH3 is 1. The van der Waals surface area contributed by atoms with Gasteiger partial charge in [0, 0.05) is 11.3 Å². The average molecular weight is 504 g/mol. The number of halogens is 2. The molecular weight excluding hydrogens is 488 g/mol. The maximum absolute atomic E-state index is 14.1. The quantitative estimate of drug-likeness (QED) is 0.345. The number of nitrogens with one attached hydrogen (secondary N) is 1. The van der Waals surface area contributed by atoms with Crippen LogP contribution in [0.4, 0.5) is 4.39 Å². The molecule has 1 aromatic heterocycles. The van der Waals surface area contributed by atoms with Crippen molar-refractivity contribution in [2.45, 2.75) is 4.90 Å². The number of sulfonamides is 1. The van der Waals surface area contributed by atoms with Crippen LogP contribution in [0.5, 0.6) is 5.75 Å². The number of ether oxygens (including phenoxy) is 1. The summed E-state index contributed by atoms with van der Waals surface area (Å²) in [5, 5.41) is 0.0921. The van der Waals surface area contributed by atoms with Gasteiger partial charge in [-0.3, -0.25) is 4.57 Å². The van der Waals surface area contributed by atoms with E-state index in [1.807, 2.05) is 0 Å². The number of nitrogens with zero attached hydrogens (tertiary/aromatic N) is 2. The first-order chi connectivity index (χ1) is 13.5. The van der Waals surface area contributed by atoms with E-state index in [1.165, 1.54) is 46.8 Å². The van der Waals surface area contributed by atoms with Crippen molar-refractivity contribution in [2.75, 3.05) is 7.11 Å². The van der Waals surface area contributed by atoms with Crippen LogP contribution in [0.2, 0.25) is 5.15 Å². The summed E-state index contributed by atoms with van der Waals surface area (Å²) in [5.74, 6) is -0.540. The average Bonchev–Trinajstić information content (AvgIpc) is 3.01. The van der Waals surface area contributed by atoms with E-state index in [0.29, 0.717) is 16.9 Å². The Morgan fingerprint density at radius 3 is 2.37 bits per heavy atom. The second-order valence-corrected chi connectivity index (χ2v) is 9.39. The van der Waals surface area contributed by atoms with Crippen LogP contribution >= 0.6 is 19.3 Å². The fourth-order valence-corrected chi connectivity index (χ4v) is 5.00. The molecule has 0 aliphatic heterocycles. The van der Waals surface area contributed by atoms with Gasteiger partial charge in [-0.2, -0.15) is 0 Å². The van der Waals surface area contributed by atoms with Gasteiger partial charge in [0.05, 0.1) is 17.7 Å². The van der Waals surface area contributed by atoms with Crippen LogP contribution in [0.1, 0.15) is 0 Å². The van der Waals surface area contributed by atoms with Crippen molar-refractivity contribution in [3.05, 3.63) is 59.8 Å². The molecule has 158 valence electrons. The Labute approximate surface area is 206 Å². The van der Waals surface area contributed by atoms with Gasteiger partial charge >= 0.3 is 45.5 Å². The van der Waals surface area contributed by atoms with Crippen LogP contribution in [0.25, 0.3) is 16.9 Å². The zero-order valence-electron chi connectivity index (χ0n) is 14.7. The second-order valence-electron chi connectivity index (χ2n) is 5.74. The summed E-state index contributed by atoms with van der Waals surface area (Å²) in [6.07, 6.45) is 1.37. The summed E-state index contributed by atoms with van der Waals surface area (Å²) < 4.78 is 56.7. The molecule has 9 nitrogen and oxygen atoms in total. The van der Waals surface area contributed by atoms with Crippen LogP contribution < -0.4 is 9.23 Å². The van der Waals surface area contributed by atoms with E-state index in [0.717, 1.165) is 12.1 Å². The summed E-state index contributed by atoms with van der Waals surface area (Å²) in [4.78, 5) is 21.3. The third-order valence-electron chi connectivity index (χ3n) is 3.81. The van der Waals surface area contributed by atoms with Crippen molar-refractivity contribution in [1.29, 1.82) is 0 Å². The molecule has 3 aromatic rings. The molecule has 0 spiro atoms. The minimum atomic E-state index is -5.00. The van der Waals surface area contributed by atoms with Crippen molar-refractivity contribution in [2.24, 2.45) is 0 Å². The zero-order valence-corrected chi connectivity index (χ0v) is 17.1. The van der Waals surface area contributed by atoms with Crippen molar-refractivity contribution in [3.8, 4) is 22.7 Å². The number of rotatable bonds is 6. The van der Waals surface area contributed by atoms with Crippen molar-refractivity contribution < 1.29 is 31.9 Å². The fraction of sp³-hybridized carbons (Fsp3) is 0.0625. The van der Waals surface area contributed by atoms with Crippen LogP contribution in [0.3, 0.4) is 0 Å². The standard InChI is InChI=1S/C16H14ClFN3O6PS.Ca.2H/c1-27-14-7-2-10(8-13(14)18)15-16(17)19-9-21(15)11-3-5-12(6-4-11)29(25,26)20-28(22,23)24;;;/h2-9H,1H3,(H3,20,22,23,24);;;. The molecule has 3 rings (SSSR count). The molecule has 30 heavy (non-hydrogen) atoms. The Bertz CT molecular complexity index is 1220. The van der Waals surface area contributed by atoms with E-state index in [4.69, 9.17) is 26.1 Å². The third-order valence-corrected chi connectivity index (χ3v) is 6.89. The first-order valence-corrected chi connectivity index (χ1v) is 11.3. The predicted molar refractivity (Wildman–Crippen MR) is 111 cm³/mol. The molecule has 0 aliphatic carbocycles. The Hall–Kier alpha value is -1.01. The van der Waals surface area contributed by atoms with Gasteiger partial charge in [-0.05, 0) is 42.5 Å². The van der Waals surface area contributed by atoms with E-state index in [1.54, 1.807) is 6.07 Å². The summed E-state index contributed by atoms with van der Waals surface area (Å²) in [6.45, 7) is 0. The van der Waals surface area contributed by atoms with Gasteiger partial charge in [0.2, 0.25) is 10.0 Å². The van der Waals surface area contributed by atoms with Crippen molar-refractivity contribution in [3.63, 3.8) is 0 Å². The van der Waals surface area contributed by atoms with Crippen molar-refractivity contribution in [1.82, 2.24) is 14.0 Å². The monoisotopic (exact) mass is 503 g/mol. The third kappa shape index (κ3) is 5.61. The molecule has 1 heterocycles. The molecule has 0 saturated heterocycles. The molecule has 3 N–H and O–H groups in total. The van der Waals surface area contributed by atoms with Gasteiger partial charge in [0.15, 0.2) is 16.7 Å². The molecule has 14 heteroatoms. The summed E-state index contributed by atoms with van der Waals surface area (Å²) in [6, 6.07) is 9.32. The SMILES string of the molecule is COc1ccc(-c2c(Cl)ncn2-c2ccc(S(=O)(=O)NP(=O)(O)O)cc2)cc1F.[CaH2]. The molecule has 0 saturated carbocycles. The Morgan fingerprint density at radius 1 is 1.20 bits per heavy atom. The number of hydrogen-bond donors (Lipinski definition) is 3.